The van der Waals surface area contributed by atoms with Crippen LogP contribution in [0, 0.1) is 0 Å². The fourth-order valence-electron chi connectivity index (χ4n) is 2.41. The number of benzene rings is 2. The number of para-hydroxylation sites is 2. The molecule has 0 saturated heterocycles. The number of H-pyrrole nitrogens is 1. The molecule has 2 heteroatoms. The van der Waals surface area contributed by atoms with E-state index < -0.39 is 0 Å². The number of imidazole rings is 1. The Labute approximate surface area is 107 Å². The average molecular weight is 236 g/mol. The Bertz CT molecular complexity index is 607. The number of hydrogen-bond acceptors (Lipinski definition) is 1. The van der Waals surface area contributed by atoms with E-state index in [9.17, 15) is 0 Å². The van der Waals surface area contributed by atoms with E-state index in [4.69, 9.17) is 4.98 Å². The van der Waals surface area contributed by atoms with Gasteiger partial charge in [-0.2, -0.15) is 0 Å². The molecule has 18 heavy (non-hydrogen) atoms. The lowest BCUT2D eigenvalue weighted by Gasteiger charge is -2.12. The summed E-state index contributed by atoms with van der Waals surface area (Å²) in [5.74, 6) is 1.41. The lowest BCUT2D eigenvalue weighted by molar-refractivity contribution is 0.732. The molecule has 0 fully saturated rings. The smallest absolute Gasteiger partial charge is 0.114 e. The number of fused-ring (bicyclic) bond motifs is 1. The molecule has 1 heterocycles. The van der Waals surface area contributed by atoms with Crippen LogP contribution in [0.2, 0.25) is 0 Å². The molecule has 0 aliphatic carbocycles. The lowest BCUT2D eigenvalue weighted by atomic mass is 9.96. The van der Waals surface area contributed by atoms with E-state index in [0.717, 1.165) is 23.3 Å². The van der Waals surface area contributed by atoms with Crippen molar-refractivity contribution in [3.8, 4) is 0 Å². The third-order valence-electron chi connectivity index (χ3n) is 3.35. The standard InChI is InChI=1S/C16H16N2/c1-2-13(12-8-4-3-5-9-12)16-17-14-10-6-7-11-15(14)18-16/h3-11,13H,2H2,1H3,(H,17,18)/t13-/m0/s1. The minimum absolute atomic E-state index is 0.346. The lowest BCUT2D eigenvalue weighted by Crippen LogP contribution is -2.01. The minimum Gasteiger partial charge on any atom is -0.341 e. The second-order valence-electron chi connectivity index (χ2n) is 4.51. The highest BCUT2D eigenvalue weighted by Gasteiger charge is 2.15. The van der Waals surface area contributed by atoms with Gasteiger partial charge in [0, 0.05) is 5.92 Å². The van der Waals surface area contributed by atoms with Crippen LogP contribution in [-0.2, 0) is 0 Å². The predicted molar refractivity (Wildman–Crippen MR) is 74.7 cm³/mol. The van der Waals surface area contributed by atoms with Gasteiger partial charge in [-0.1, -0.05) is 49.4 Å². The van der Waals surface area contributed by atoms with E-state index in [-0.39, 0.29) is 0 Å². The summed E-state index contributed by atoms with van der Waals surface area (Å²) in [5, 5.41) is 0. The predicted octanol–water partition coefficient (Wildman–Crippen LogP) is 4.10. The summed E-state index contributed by atoms with van der Waals surface area (Å²) in [4.78, 5) is 8.14. The minimum atomic E-state index is 0.346. The third kappa shape index (κ3) is 1.90. The number of hydrogen-bond donors (Lipinski definition) is 1. The van der Waals surface area contributed by atoms with Gasteiger partial charge in [-0.05, 0) is 24.1 Å². The highest BCUT2D eigenvalue weighted by molar-refractivity contribution is 5.75. The topological polar surface area (TPSA) is 28.7 Å². The van der Waals surface area contributed by atoms with E-state index in [1.165, 1.54) is 5.56 Å². The summed E-state index contributed by atoms with van der Waals surface area (Å²) >= 11 is 0. The van der Waals surface area contributed by atoms with Gasteiger partial charge in [-0.3, -0.25) is 0 Å². The number of nitrogens with one attached hydrogen (secondary N) is 1. The highest BCUT2D eigenvalue weighted by atomic mass is 14.9. The second kappa shape index (κ2) is 4.65. The Balaban J connectivity index is 2.06. The van der Waals surface area contributed by atoms with Crippen molar-refractivity contribution in [1.82, 2.24) is 9.97 Å². The molecule has 90 valence electrons. The molecule has 0 saturated carbocycles. The molecule has 0 radical (unpaired) electrons. The molecule has 3 aromatic rings. The molecule has 1 aromatic heterocycles. The number of aromatic nitrogens is 2. The van der Waals surface area contributed by atoms with E-state index in [1.54, 1.807) is 0 Å². The zero-order valence-electron chi connectivity index (χ0n) is 10.4. The van der Waals surface area contributed by atoms with Crippen LogP contribution < -0.4 is 0 Å². The van der Waals surface area contributed by atoms with Gasteiger partial charge in [0.15, 0.2) is 0 Å². The molecule has 0 aliphatic heterocycles. The fourth-order valence-corrected chi connectivity index (χ4v) is 2.41. The van der Waals surface area contributed by atoms with Crippen molar-refractivity contribution in [1.29, 1.82) is 0 Å². The molecular weight excluding hydrogens is 220 g/mol. The Morgan fingerprint density at radius 3 is 2.44 bits per heavy atom. The molecule has 2 aromatic carbocycles. The monoisotopic (exact) mass is 236 g/mol. The number of aromatic amines is 1. The zero-order chi connectivity index (χ0) is 12.4. The molecule has 0 amide bonds. The van der Waals surface area contributed by atoms with Crippen LogP contribution in [0.1, 0.15) is 30.7 Å². The zero-order valence-corrected chi connectivity index (χ0v) is 10.4. The summed E-state index contributed by atoms with van der Waals surface area (Å²) in [6, 6.07) is 18.7. The van der Waals surface area contributed by atoms with Crippen molar-refractivity contribution in [2.45, 2.75) is 19.3 Å². The average Bonchev–Trinajstić information content (AvgIpc) is 2.84. The molecule has 1 N–H and O–H groups in total. The van der Waals surface area contributed by atoms with Gasteiger partial charge in [0.05, 0.1) is 11.0 Å². The first kappa shape index (κ1) is 11.0. The van der Waals surface area contributed by atoms with Crippen molar-refractivity contribution >= 4 is 11.0 Å². The van der Waals surface area contributed by atoms with Crippen molar-refractivity contribution < 1.29 is 0 Å². The van der Waals surface area contributed by atoms with Crippen molar-refractivity contribution in [3.05, 3.63) is 66.0 Å². The first-order valence-corrected chi connectivity index (χ1v) is 6.38. The van der Waals surface area contributed by atoms with Gasteiger partial charge < -0.3 is 4.98 Å². The van der Waals surface area contributed by atoms with Crippen molar-refractivity contribution in [3.63, 3.8) is 0 Å². The number of rotatable bonds is 3. The highest BCUT2D eigenvalue weighted by Crippen LogP contribution is 2.27. The molecule has 0 bridgehead atoms. The van der Waals surface area contributed by atoms with Crippen LogP contribution in [0.15, 0.2) is 54.6 Å². The van der Waals surface area contributed by atoms with Crippen LogP contribution in [0.5, 0.6) is 0 Å². The summed E-state index contributed by atoms with van der Waals surface area (Å²) in [5.41, 5.74) is 3.47. The molecule has 1 atom stereocenters. The first-order valence-electron chi connectivity index (χ1n) is 6.38. The Kier molecular flexibility index (Phi) is 2.85. The Hall–Kier alpha value is -2.09. The van der Waals surface area contributed by atoms with Crippen LogP contribution >= 0.6 is 0 Å². The maximum atomic E-state index is 4.70. The summed E-state index contributed by atoms with van der Waals surface area (Å²) < 4.78 is 0. The van der Waals surface area contributed by atoms with Gasteiger partial charge in [0.1, 0.15) is 5.82 Å². The number of nitrogens with zero attached hydrogens (tertiary/aromatic N) is 1. The third-order valence-corrected chi connectivity index (χ3v) is 3.35. The van der Waals surface area contributed by atoms with Crippen LogP contribution in [0.25, 0.3) is 11.0 Å². The van der Waals surface area contributed by atoms with Gasteiger partial charge in [-0.25, -0.2) is 4.98 Å². The SMILES string of the molecule is CC[C@@H](c1ccccc1)c1nc2ccccc2[nH]1. The molecular formula is C16H16N2. The molecule has 3 rings (SSSR count). The van der Waals surface area contributed by atoms with Gasteiger partial charge in [0.25, 0.3) is 0 Å². The van der Waals surface area contributed by atoms with Gasteiger partial charge >= 0.3 is 0 Å². The molecule has 2 nitrogen and oxygen atoms in total. The summed E-state index contributed by atoms with van der Waals surface area (Å²) in [7, 11) is 0. The van der Waals surface area contributed by atoms with E-state index >= 15 is 0 Å². The van der Waals surface area contributed by atoms with Crippen LogP contribution in [-0.4, -0.2) is 9.97 Å². The Morgan fingerprint density at radius 1 is 1.00 bits per heavy atom. The Morgan fingerprint density at radius 2 is 1.72 bits per heavy atom. The van der Waals surface area contributed by atoms with Crippen molar-refractivity contribution in [2.75, 3.05) is 0 Å². The summed E-state index contributed by atoms with van der Waals surface area (Å²) in [6.45, 7) is 2.20. The van der Waals surface area contributed by atoms with E-state index in [1.807, 2.05) is 18.2 Å². The van der Waals surface area contributed by atoms with Crippen molar-refractivity contribution in [2.24, 2.45) is 0 Å². The molecule has 0 aliphatic rings. The quantitative estimate of drug-likeness (QED) is 0.728. The summed E-state index contributed by atoms with van der Waals surface area (Å²) in [6.07, 6.45) is 1.05. The largest absolute Gasteiger partial charge is 0.341 e. The normalized spacial score (nSPS) is 12.7. The van der Waals surface area contributed by atoms with E-state index in [2.05, 4.69) is 48.3 Å². The van der Waals surface area contributed by atoms with Crippen LogP contribution in [0.3, 0.4) is 0 Å². The second-order valence-corrected chi connectivity index (χ2v) is 4.51. The van der Waals surface area contributed by atoms with Gasteiger partial charge in [0.2, 0.25) is 0 Å². The fraction of sp³-hybridized carbons (Fsp3) is 0.188. The maximum Gasteiger partial charge on any atom is 0.114 e. The first-order chi connectivity index (χ1) is 8.88. The molecule has 0 unspecified atom stereocenters. The van der Waals surface area contributed by atoms with Crippen LogP contribution in [0.4, 0.5) is 0 Å². The molecule has 0 spiro atoms. The maximum absolute atomic E-state index is 4.70. The van der Waals surface area contributed by atoms with Gasteiger partial charge in [-0.15, -0.1) is 0 Å². The van der Waals surface area contributed by atoms with E-state index in [0.29, 0.717) is 5.92 Å².